The molecule has 0 radical (unpaired) electrons. The molecule has 21 N–H and O–H groups in total. The number of thioether (sulfide) groups is 1. The first kappa shape index (κ1) is 106. The second kappa shape index (κ2) is 50.5. The summed E-state index contributed by atoms with van der Waals surface area (Å²) < 4.78 is 44.8. The minimum atomic E-state index is -1.90. The summed E-state index contributed by atoms with van der Waals surface area (Å²) in [6.45, 7) is 3.31. The van der Waals surface area contributed by atoms with Gasteiger partial charge in [0.1, 0.15) is 78.5 Å². The van der Waals surface area contributed by atoms with Crippen molar-refractivity contribution in [1.82, 2.24) is 72.0 Å². The summed E-state index contributed by atoms with van der Waals surface area (Å²) in [6, 6.07) is 9.45. The second-order valence-electron chi connectivity index (χ2n) is 33.6. The molecule has 1 aromatic heterocycles. The number of primary amides is 2. The molecule has 0 spiro atoms. The van der Waals surface area contributed by atoms with E-state index in [1.165, 1.54) is 38.4 Å². The maximum absolute atomic E-state index is 15.4. The van der Waals surface area contributed by atoms with Crippen LogP contribution in [0.3, 0.4) is 0 Å². The molecule has 724 valence electrons. The van der Waals surface area contributed by atoms with Gasteiger partial charge >= 0.3 is 5.97 Å². The largest absolute Gasteiger partial charge is 0.508 e. The minimum absolute atomic E-state index is 0.00795. The van der Waals surface area contributed by atoms with Crippen LogP contribution in [0.25, 0.3) is 10.9 Å². The van der Waals surface area contributed by atoms with Crippen molar-refractivity contribution in [2.45, 2.75) is 201 Å². The number of H-pyrrole nitrogens is 1. The predicted octanol–water partition coefficient (Wildman–Crippen LogP) is -1.60. The summed E-state index contributed by atoms with van der Waals surface area (Å²) in [5.74, 6) is -23.6. The van der Waals surface area contributed by atoms with Gasteiger partial charge in [-0.3, -0.25) is 76.7 Å². The van der Waals surface area contributed by atoms with Crippen LogP contribution in [0.2, 0.25) is 0 Å². The Bertz CT molecular complexity index is 5160. The average molecular weight is 1890 g/mol. The van der Waals surface area contributed by atoms with Crippen molar-refractivity contribution in [1.29, 1.82) is 0 Å². The van der Waals surface area contributed by atoms with Crippen LogP contribution in [0.1, 0.15) is 106 Å². The lowest BCUT2D eigenvalue weighted by atomic mass is 9.99. The number of halogens is 3. The normalized spacial score (nSPS) is 17.1. The summed E-state index contributed by atoms with van der Waals surface area (Å²) in [5.41, 5.74) is 25.4. The van der Waals surface area contributed by atoms with Crippen molar-refractivity contribution in [3.63, 3.8) is 0 Å². The van der Waals surface area contributed by atoms with E-state index in [1.54, 1.807) is 112 Å². The molecule has 0 saturated carbocycles. The van der Waals surface area contributed by atoms with Crippen molar-refractivity contribution >= 4 is 124 Å². The van der Waals surface area contributed by atoms with E-state index in [-0.39, 0.29) is 75.0 Å². The Morgan fingerprint density at radius 1 is 0.545 bits per heavy atom. The van der Waals surface area contributed by atoms with E-state index in [0.29, 0.717) is 69.9 Å². The summed E-state index contributed by atoms with van der Waals surface area (Å²) in [6.07, 6.45) is -4.94. The van der Waals surface area contributed by atoms with Gasteiger partial charge in [0.25, 0.3) is 0 Å². The number of carboxylic acid groups (broad SMARTS) is 1. The number of benzene rings is 5. The zero-order valence-corrected chi connectivity index (χ0v) is 75.7. The molecule has 2 aliphatic heterocycles. The Hall–Kier alpha value is -13.4. The van der Waals surface area contributed by atoms with Crippen molar-refractivity contribution in [3.05, 3.63) is 173 Å². The number of rotatable bonds is 50. The molecule has 0 aliphatic carbocycles. The SMILES string of the molecule is CCCC[C@@H](C(=O)N1C[C@H](O)C[C@@H]1C(=O)N[C@H](C=O)CC(=O)O)N(C)C(=O)[C@H](Cc1ccccc1)N(C)C(=O)[C@H](Cc1cc(F)c(F)c(F)c1)NC(=O)CSC[C@H](NC(=O)[C@H](CCCN)NC(=O)[C@H](Cc1ccc(O)cc1)NC(=O)[C@H](Cc1c[nH]c2ccccc12)NC(=O)[C@H]1C[C@@H](O)CN1C(=O)[C@H](CC(N)=O)NC(=O)C(Cc1ccccc1)N(C)C(=O)[C@@H](N)C(C)C)C(=O)NCC(N)=O. The molecule has 15 amide bonds. The first-order chi connectivity index (χ1) is 63.6. The van der Waals surface area contributed by atoms with E-state index in [2.05, 4.69) is 47.5 Å². The average Bonchev–Trinajstić information content (AvgIpc) is 1.49. The fourth-order valence-electron chi connectivity index (χ4n) is 15.7. The van der Waals surface area contributed by atoms with Crippen molar-refractivity contribution in [2.75, 3.05) is 58.8 Å². The van der Waals surface area contributed by atoms with Gasteiger partial charge in [-0.1, -0.05) is 125 Å². The number of aliphatic carboxylic acids is 1. The smallest absolute Gasteiger partial charge is 0.305 e. The van der Waals surface area contributed by atoms with Crippen LogP contribution in [0, 0.1) is 23.4 Å². The van der Waals surface area contributed by atoms with Crippen LogP contribution in [0.4, 0.5) is 13.2 Å². The van der Waals surface area contributed by atoms with Gasteiger partial charge in [-0.15, -0.1) is 11.8 Å². The Balaban J connectivity index is 1.05. The van der Waals surface area contributed by atoms with Gasteiger partial charge in [-0.2, -0.15) is 0 Å². The van der Waals surface area contributed by atoms with E-state index in [4.69, 9.17) is 22.9 Å². The van der Waals surface area contributed by atoms with E-state index < -0.39 is 266 Å². The van der Waals surface area contributed by atoms with Gasteiger partial charge in [0.05, 0.1) is 49.4 Å². The lowest BCUT2D eigenvalue weighted by Crippen LogP contribution is -2.61. The third kappa shape index (κ3) is 30.1. The molecule has 43 heteroatoms. The van der Waals surface area contributed by atoms with E-state index >= 15 is 32.8 Å². The number of unbranched alkanes of at least 4 members (excludes halogenated alkanes) is 1. The number of hydrogen-bond acceptors (Lipinski definition) is 23. The van der Waals surface area contributed by atoms with Crippen molar-refractivity contribution in [3.8, 4) is 5.75 Å². The number of nitrogens with zero attached hydrogens (tertiary/aromatic N) is 5. The number of aliphatic hydroxyl groups excluding tert-OH is 2. The van der Waals surface area contributed by atoms with Gasteiger partial charge < -0.3 is 120 Å². The number of likely N-dealkylation sites (N-methyl/N-ethyl adjacent to an activating group) is 3. The van der Waals surface area contributed by atoms with Crippen molar-refractivity contribution in [2.24, 2.45) is 28.9 Å². The lowest BCUT2D eigenvalue weighted by molar-refractivity contribution is -0.152. The van der Waals surface area contributed by atoms with Crippen LogP contribution in [-0.2, 0) is 114 Å². The van der Waals surface area contributed by atoms with Gasteiger partial charge in [0.2, 0.25) is 88.6 Å². The molecule has 5 aromatic carbocycles. The summed E-state index contributed by atoms with van der Waals surface area (Å²) >= 11 is 0.624. The first-order valence-corrected chi connectivity index (χ1v) is 44.7. The van der Waals surface area contributed by atoms with Crippen molar-refractivity contribution < 1.29 is 115 Å². The monoisotopic (exact) mass is 1890 g/mol. The van der Waals surface area contributed by atoms with E-state index in [9.17, 15) is 82.4 Å². The zero-order valence-electron chi connectivity index (χ0n) is 74.9. The molecule has 39 nitrogen and oxygen atoms in total. The Kier molecular flexibility index (Phi) is 39.9. The number of hydrogen-bond donors (Lipinski definition) is 17. The first-order valence-electron chi connectivity index (χ1n) is 43.6. The predicted molar refractivity (Wildman–Crippen MR) is 482 cm³/mol. The van der Waals surface area contributed by atoms with Gasteiger partial charge in [0, 0.05) is 102 Å². The van der Waals surface area contributed by atoms with E-state index in [1.807, 2.05) is 0 Å². The number of para-hydroxylation sites is 1. The highest BCUT2D eigenvalue weighted by Gasteiger charge is 2.48. The lowest BCUT2D eigenvalue weighted by Gasteiger charge is -2.37. The molecule has 1 unspecified atom stereocenters. The molecule has 2 aliphatic rings. The molecule has 2 saturated heterocycles. The Morgan fingerprint density at radius 3 is 1.63 bits per heavy atom. The number of aromatic amines is 1. The number of carbonyl (C=O) groups excluding carboxylic acids is 16. The highest BCUT2D eigenvalue weighted by molar-refractivity contribution is 8.00. The molecule has 6 aromatic rings. The topological polar surface area (TPSA) is 603 Å². The Morgan fingerprint density at radius 2 is 1.06 bits per heavy atom. The van der Waals surface area contributed by atoms with Crippen LogP contribution in [-0.4, -0.2) is 300 Å². The van der Waals surface area contributed by atoms with Gasteiger partial charge in [-0.05, 0) is 89.9 Å². The summed E-state index contributed by atoms with van der Waals surface area (Å²) in [7, 11) is 3.76. The maximum atomic E-state index is 15.4. The highest BCUT2D eigenvalue weighted by atomic mass is 32.2. The fourth-order valence-corrected chi connectivity index (χ4v) is 16.6. The third-order valence-corrected chi connectivity index (χ3v) is 24.1. The number of phenols is 1. The van der Waals surface area contributed by atoms with Crippen LogP contribution in [0.5, 0.6) is 5.75 Å². The highest BCUT2D eigenvalue weighted by Crippen LogP contribution is 2.29. The Labute approximate surface area is 774 Å². The quantitative estimate of drug-likeness (QED) is 0.0151. The molecule has 134 heavy (non-hydrogen) atoms. The number of aromatic hydroxyl groups is 1. The number of amides is 15. The molecule has 15 atom stereocenters. The summed E-state index contributed by atoms with van der Waals surface area (Å²) in [4.78, 5) is 248. The number of aliphatic hydroxyl groups is 2. The third-order valence-electron chi connectivity index (χ3n) is 23.1. The minimum Gasteiger partial charge on any atom is -0.508 e. The van der Waals surface area contributed by atoms with Gasteiger partial charge in [0.15, 0.2) is 17.5 Å². The maximum Gasteiger partial charge on any atom is 0.305 e. The molecule has 2 fully saturated rings. The molecule has 8 rings (SSSR count). The molecular weight excluding hydrogens is 1770 g/mol. The number of phenolic OH excluding ortho intramolecular Hbond substituents is 1. The number of aldehydes is 1. The standard InChI is InChI=1S/C91H117F3N18O21S/c1-7-8-25-69(90(132)112-45-58(116)39-71(112)85(127)101-55(46-113)38-77(120)121)108(4)89(131)73(36-51-20-13-10-14-21-51)110(6)87(129)66(34-53-31-60(92)78(94)61(93)32-53)102-76(119)48-134-47-68(80(122)100-43-75(97)118)107-81(123)63(24-17-30-95)103-82(124)64(33-52-26-28-56(114)29-27-52)104-83(125)65(37-54-42-99-62-23-16-15-22-59(54)62)105-86(128)72-40-57(115)44-111(72)88(130)67(41-74(96)117)106-84(126)70(35-50-18-11-9-12-19-50)109(5)91(133)79(98)49(2)3/h9-16,18-23,26-29,31-32,42,46,49,55,57-58,63-73,79,99,114-116H,7-8,17,24-25,30,33-41,43-45,47-48,95,98H2,1-6H3,(H2,96,117)(H2,97,118)(H,100,122)(H,101,127)(H,102,119)(H,103,124)(H,104,125)(H,105,128)(H,106,126)(H,107,123)(H,120,121)/t55-,57+,58+,63-,64-,65-,66-,67-,68-,69-,70?,71+,72+,73-,79-/m0/s1. The zero-order chi connectivity index (χ0) is 98.5. The fraction of sp³-hybridized carbons (Fsp3) is 0.462. The number of fused-ring (bicyclic) bond motifs is 1. The summed E-state index contributed by atoms with van der Waals surface area (Å²) in [5, 5.41) is 62.6. The number of likely N-dealkylation sites (tertiary alicyclic amines) is 2. The number of nitrogens with one attached hydrogen (secondary N) is 9. The van der Waals surface area contributed by atoms with E-state index in [0.717, 1.165) is 31.5 Å². The molecular formula is C91H117F3N18O21S. The van der Waals surface area contributed by atoms with Crippen LogP contribution in [0.15, 0.2) is 128 Å². The second-order valence-corrected chi connectivity index (χ2v) is 34.6. The molecule has 0 bridgehead atoms. The number of aromatic nitrogens is 1. The number of nitrogens with two attached hydrogens (primary N) is 4. The number of carboxylic acids is 1. The number of carbonyl (C=O) groups is 17. The van der Waals surface area contributed by atoms with Gasteiger partial charge in [-0.25, -0.2) is 13.2 Å². The van der Waals surface area contributed by atoms with Crippen LogP contribution < -0.4 is 65.5 Å². The van der Waals surface area contributed by atoms with Crippen LogP contribution >= 0.6 is 11.8 Å². The molecule has 3 heterocycles. The number of β-amino-alcohol motifs (C(OH)–C–C–N with tert-alkyl or cyclic N) is 2.